The highest BCUT2D eigenvalue weighted by atomic mass is 32.1. The molecule has 3 rings (SSSR count). The summed E-state index contributed by atoms with van der Waals surface area (Å²) in [6.07, 6.45) is 1.01. The summed E-state index contributed by atoms with van der Waals surface area (Å²) in [5, 5.41) is 1.96. The van der Waals surface area contributed by atoms with Gasteiger partial charge in [-0.05, 0) is 59.6 Å². The van der Waals surface area contributed by atoms with Gasteiger partial charge in [-0.3, -0.25) is 0 Å². The molecule has 4 heteroatoms. The summed E-state index contributed by atoms with van der Waals surface area (Å²) in [5.74, 6) is 4.05. The SMILES string of the molecule is CCc1ccc(-c2ccc(C#Cc3cc(F)c(N=C=S)c(F)c3)cc2)cc1. The summed E-state index contributed by atoms with van der Waals surface area (Å²) in [4.78, 5) is 3.38. The maximum absolute atomic E-state index is 13.8. The molecule has 0 atom stereocenters. The zero-order valence-corrected chi connectivity index (χ0v) is 15.4. The average molecular weight is 375 g/mol. The fourth-order valence-electron chi connectivity index (χ4n) is 2.61. The fraction of sp³-hybridized carbons (Fsp3) is 0.0870. The summed E-state index contributed by atoms with van der Waals surface area (Å²) in [6.45, 7) is 2.12. The summed E-state index contributed by atoms with van der Waals surface area (Å²) < 4.78 is 27.7. The highest BCUT2D eigenvalue weighted by Gasteiger charge is 2.09. The molecule has 1 nitrogen and oxygen atoms in total. The number of aryl methyl sites for hydroxylation is 1. The quantitative estimate of drug-likeness (QED) is 0.296. The molecule has 132 valence electrons. The van der Waals surface area contributed by atoms with E-state index in [-0.39, 0.29) is 5.56 Å². The molecule has 0 saturated carbocycles. The van der Waals surface area contributed by atoms with Crippen molar-refractivity contribution in [1.29, 1.82) is 0 Å². The molecule has 0 unspecified atom stereocenters. The van der Waals surface area contributed by atoms with Crippen molar-refractivity contribution in [2.24, 2.45) is 4.99 Å². The molecule has 0 aliphatic heterocycles. The van der Waals surface area contributed by atoms with Crippen molar-refractivity contribution in [3.63, 3.8) is 0 Å². The Kier molecular flexibility index (Phi) is 5.88. The Balaban J connectivity index is 1.82. The van der Waals surface area contributed by atoms with E-state index in [1.807, 2.05) is 29.4 Å². The second kappa shape index (κ2) is 8.51. The Bertz CT molecular complexity index is 1050. The van der Waals surface area contributed by atoms with Crippen LogP contribution < -0.4 is 0 Å². The van der Waals surface area contributed by atoms with Crippen molar-refractivity contribution in [2.45, 2.75) is 13.3 Å². The van der Waals surface area contributed by atoms with E-state index in [9.17, 15) is 8.78 Å². The van der Waals surface area contributed by atoms with Crippen molar-refractivity contribution < 1.29 is 8.78 Å². The Hall–Kier alpha value is -3.12. The van der Waals surface area contributed by atoms with E-state index in [1.54, 1.807) is 0 Å². The third-order valence-corrected chi connectivity index (χ3v) is 4.20. The molecule has 0 bridgehead atoms. The van der Waals surface area contributed by atoms with Gasteiger partial charge in [-0.15, -0.1) is 0 Å². The molecule has 3 aromatic carbocycles. The number of benzene rings is 3. The van der Waals surface area contributed by atoms with E-state index in [0.717, 1.165) is 35.2 Å². The first-order valence-corrected chi connectivity index (χ1v) is 8.80. The molecular formula is C23H15F2NS. The molecule has 3 aromatic rings. The molecule has 0 heterocycles. The predicted octanol–water partition coefficient (Wildman–Crippen LogP) is 6.33. The summed E-state index contributed by atoms with van der Waals surface area (Å²) in [6, 6.07) is 18.4. The highest BCUT2D eigenvalue weighted by Crippen LogP contribution is 2.23. The summed E-state index contributed by atoms with van der Waals surface area (Å²) in [7, 11) is 0. The van der Waals surface area contributed by atoms with E-state index < -0.39 is 17.3 Å². The van der Waals surface area contributed by atoms with E-state index in [1.165, 1.54) is 5.56 Å². The molecule has 27 heavy (non-hydrogen) atoms. The second-order valence-electron chi connectivity index (χ2n) is 5.87. The van der Waals surface area contributed by atoms with Crippen LogP contribution in [0.25, 0.3) is 11.1 Å². The molecular weight excluding hydrogens is 360 g/mol. The predicted molar refractivity (Wildman–Crippen MR) is 108 cm³/mol. The van der Waals surface area contributed by atoms with Crippen molar-refractivity contribution in [3.8, 4) is 23.0 Å². The van der Waals surface area contributed by atoms with Gasteiger partial charge in [0.05, 0.1) is 5.16 Å². The minimum absolute atomic E-state index is 0.229. The fourth-order valence-corrected chi connectivity index (χ4v) is 2.70. The molecule has 0 aliphatic carbocycles. The molecule has 0 aliphatic rings. The number of hydrogen-bond acceptors (Lipinski definition) is 2. The van der Waals surface area contributed by atoms with Crippen molar-refractivity contribution in [2.75, 3.05) is 0 Å². The lowest BCUT2D eigenvalue weighted by Crippen LogP contribution is -1.86. The van der Waals surface area contributed by atoms with Gasteiger partial charge < -0.3 is 0 Å². The number of rotatable bonds is 3. The molecule has 0 aromatic heterocycles. The van der Waals surface area contributed by atoms with Gasteiger partial charge in [-0.1, -0.05) is 55.2 Å². The number of aliphatic imine (C=N–C) groups is 1. The van der Waals surface area contributed by atoms with Gasteiger partial charge >= 0.3 is 0 Å². The summed E-state index contributed by atoms with van der Waals surface area (Å²) >= 11 is 4.38. The molecule has 0 N–H and O–H groups in total. The van der Waals surface area contributed by atoms with Crippen LogP contribution in [0.5, 0.6) is 0 Å². The molecule has 0 radical (unpaired) electrons. The maximum Gasteiger partial charge on any atom is 0.153 e. The molecule has 0 saturated heterocycles. The van der Waals surface area contributed by atoms with Gasteiger partial charge in [-0.2, -0.15) is 4.99 Å². The lowest BCUT2D eigenvalue weighted by Gasteiger charge is -2.03. The van der Waals surface area contributed by atoms with E-state index in [0.29, 0.717) is 0 Å². The van der Waals surface area contributed by atoms with Crippen LogP contribution in [-0.4, -0.2) is 5.16 Å². The van der Waals surface area contributed by atoms with Crippen LogP contribution in [0.15, 0.2) is 65.7 Å². The van der Waals surface area contributed by atoms with Crippen molar-refractivity contribution in [1.82, 2.24) is 0 Å². The number of halogens is 2. The van der Waals surface area contributed by atoms with Crippen LogP contribution >= 0.6 is 12.2 Å². The molecule has 0 fully saturated rings. The largest absolute Gasteiger partial charge is 0.204 e. The first kappa shape index (κ1) is 18.7. The smallest absolute Gasteiger partial charge is 0.153 e. The number of isothiocyanates is 1. The average Bonchev–Trinajstić information content (AvgIpc) is 2.70. The van der Waals surface area contributed by atoms with Gasteiger partial charge in [0.2, 0.25) is 0 Å². The van der Waals surface area contributed by atoms with Crippen LogP contribution in [0, 0.1) is 23.5 Å². The van der Waals surface area contributed by atoms with Gasteiger partial charge in [0, 0.05) is 11.1 Å². The van der Waals surface area contributed by atoms with Crippen molar-refractivity contribution >= 4 is 23.1 Å². The van der Waals surface area contributed by atoms with Crippen molar-refractivity contribution in [3.05, 3.63) is 89.0 Å². The minimum atomic E-state index is -0.817. The lowest BCUT2D eigenvalue weighted by atomic mass is 10.0. The second-order valence-corrected chi connectivity index (χ2v) is 6.05. The first-order valence-electron chi connectivity index (χ1n) is 8.39. The lowest BCUT2D eigenvalue weighted by molar-refractivity contribution is 0.587. The third kappa shape index (κ3) is 4.54. The van der Waals surface area contributed by atoms with E-state index in [2.05, 4.69) is 60.2 Å². The standard InChI is InChI=1S/C23H15F2NS/c1-2-16-5-9-19(10-6-16)20-11-7-17(8-12-20)3-4-18-13-21(24)23(26-15-27)22(25)14-18/h5-14H,2H2,1H3. The van der Waals surface area contributed by atoms with Crippen LogP contribution in [-0.2, 0) is 6.42 Å². The van der Waals surface area contributed by atoms with Gasteiger partial charge in [0.15, 0.2) is 11.6 Å². The topological polar surface area (TPSA) is 12.4 Å². The van der Waals surface area contributed by atoms with Gasteiger partial charge in [-0.25, -0.2) is 8.78 Å². The Morgan fingerprint density at radius 1 is 0.815 bits per heavy atom. The van der Waals surface area contributed by atoms with Gasteiger partial charge in [0.25, 0.3) is 0 Å². The number of thiocarbonyl (C=S) groups is 1. The molecule has 0 spiro atoms. The van der Waals surface area contributed by atoms with E-state index in [4.69, 9.17) is 0 Å². The minimum Gasteiger partial charge on any atom is -0.204 e. The number of hydrogen-bond donors (Lipinski definition) is 0. The Morgan fingerprint density at radius 3 is 1.85 bits per heavy atom. The van der Waals surface area contributed by atoms with E-state index >= 15 is 0 Å². The zero-order valence-electron chi connectivity index (χ0n) is 14.6. The Labute approximate surface area is 162 Å². The zero-order chi connectivity index (χ0) is 19.2. The monoisotopic (exact) mass is 375 g/mol. The highest BCUT2D eigenvalue weighted by molar-refractivity contribution is 7.78. The van der Waals surface area contributed by atoms with Crippen LogP contribution in [0.1, 0.15) is 23.6 Å². The number of nitrogens with zero attached hydrogens (tertiary/aromatic N) is 1. The molecule has 0 amide bonds. The van der Waals surface area contributed by atoms with Crippen LogP contribution in [0.2, 0.25) is 0 Å². The maximum atomic E-state index is 13.8. The third-order valence-electron chi connectivity index (χ3n) is 4.11. The normalized spacial score (nSPS) is 9.89. The van der Waals surface area contributed by atoms with Crippen LogP contribution in [0.4, 0.5) is 14.5 Å². The van der Waals surface area contributed by atoms with Crippen LogP contribution in [0.3, 0.4) is 0 Å². The van der Waals surface area contributed by atoms with Gasteiger partial charge in [0.1, 0.15) is 5.69 Å². The first-order chi connectivity index (χ1) is 13.1. The Morgan fingerprint density at radius 2 is 1.33 bits per heavy atom. The summed E-state index contributed by atoms with van der Waals surface area (Å²) in [5.41, 5.74) is 4.04.